The van der Waals surface area contributed by atoms with Gasteiger partial charge in [0.2, 0.25) is 5.88 Å². The summed E-state index contributed by atoms with van der Waals surface area (Å²) in [5, 5.41) is 4.23. The minimum Gasteiger partial charge on any atom is -0.480 e. The van der Waals surface area contributed by atoms with Crippen molar-refractivity contribution in [3.63, 3.8) is 0 Å². The normalized spacial score (nSPS) is 16.0. The fraction of sp³-hybridized carbons (Fsp3) is 0.333. The summed E-state index contributed by atoms with van der Waals surface area (Å²) in [5.41, 5.74) is 6.00. The highest BCUT2D eigenvalue weighted by atomic mass is 16.5. The van der Waals surface area contributed by atoms with Crippen LogP contribution in [0.3, 0.4) is 0 Å². The third-order valence-corrected chi connectivity index (χ3v) is 4.26. The molecule has 0 spiro atoms. The molecule has 1 aliphatic carbocycles. The summed E-state index contributed by atoms with van der Waals surface area (Å²) in [4.78, 5) is 12.9. The van der Waals surface area contributed by atoms with Crippen LogP contribution in [0.4, 0.5) is 0 Å². The van der Waals surface area contributed by atoms with Gasteiger partial charge in [0.05, 0.1) is 12.7 Å². The SMILES string of the molecule is COc1nn(C)cc1/C=C1\CCc2c(C)ccc(C)c2C1=O. The van der Waals surface area contributed by atoms with E-state index in [1.54, 1.807) is 11.8 Å². The fourth-order valence-electron chi connectivity index (χ4n) is 3.11. The Hall–Kier alpha value is -2.36. The monoisotopic (exact) mass is 296 g/mol. The largest absolute Gasteiger partial charge is 0.480 e. The molecule has 0 saturated carbocycles. The van der Waals surface area contributed by atoms with Gasteiger partial charge in [0.25, 0.3) is 0 Å². The first kappa shape index (κ1) is 14.6. The second kappa shape index (κ2) is 5.44. The highest BCUT2D eigenvalue weighted by Crippen LogP contribution is 2.32. The van der Waals surface area contributed by atoms with Gasteiger partial charge in [-0.15, -0.1) is 5.10 Å². The summed E-state index contributed by atoms with van der Waals surface area (Å²) in [5.74, 6) is 0.683. The van der Waals surface area contributed by atoms with Crippen molar-refractivity contribution in [1.82, 2.24) is 9.78 Å². The van der Waals surface area contributed by atoms with Crippen LogP contribution in [0.2, 0.25) is 0 Å². The van der Waals surface area contributed by atoms with E-state index in [-0.39, 0.29) is 5.78 Å². The maximum Gasteiger partial charge on any atom is 0.239 e. The van der Waals surface area contributed by atoms with Crippen LogP contribution in [0.25, 0.3) is 6.08 Å². The topological polar surface area (TPSA) is 44.1 Å². The number of carbonyl (C=O) groups excluding carboxylic acids is 1. The lowest BCUT2D eigenvalue weighted by Gasteiger charge is -2.21. The number of ketones is 1. The second-order valence-electron chi connectivity index (χ2n) is 5.82. The third-order valence-electron chi connectivity index (χ3n) is 4.26. The number of nitrogens with zero attached hydrogens (tertiary/aromatic N) is 2. The van der Waals surface area contributed by atoms with Crippen molar-refractivity contribution in [2.75, 3.05) is 7.11 Å². The Bertz CT molecular complexity index is 785. The van der Waals surface area contributed by atoms with Crippen molar-refractivity contribution < 1.29 is 9.53 Å². The molecule has 0 amide bonds. The molecule has 3 rings (SSSR count). The molecule has 0 bridgehead atoms. The molecule has 0 saturated heterocycles. The van der Waals surface area contributed by atoms with Gasteiger partial charge >= 0.3 is 0 Å². The summed E-state index contributed by atoms with van der Waals surface area (Å²) in [7, 11) is 3.44. The zero-order valence-electron chi connectivity index (χ0n) is 13.4. The number of rotatable bonds is 2. The Morgan fingerprint density at radius 2 is 1.95 bits per heavy atom. The van der Waals surface area contributed by atoms with Gasteiger partial charge in [-0.05, 0) is 49.5 Å². The molecule has 0 fully saturated rings. The van der Waals surface area contributed by atoms with Crippen LogP contribution in [-0.4, -0.2) is 22.7 Å². The van der Waals surface area contributed by atoms with E-state index in [9.17, 15) is 4.79 Å². The van der Waals surface area contributed by atoms with Crippen molar-refractivity contribution in [3.05, 3.63) is 51.7 Å². The number of hydrogen-bond acceptors (Lipinski definition) is 3. The summed E-state index contributed by atoms with van der Waals surface area (Å²) < 4.78 is 6.96. The van der Waals surface area contributed by atoms with Gasteiger partial charge in [0, 0.05) is 24.4 Å². The van der Waals surface area contributed by atoms with Gasteiger partial charge in [-0.1, -0.05) is 12.1 Å². The number of hydrogen-bond donors (Lipinski definition) is 0. The third kappa shape index (κ3) is 2.34. The van der Waals surface area contributed by atoms with E-state index in [4.69, 9.17) is 4.74 Å². The summed E-state index contributed by atoms with van der Waals surface area (Å²) in [6.45, 7) is 4.08. The summed E-state index contributed by atoms with van der Waals surface area (Å²) in [6, 6.07) is 4.12. The first-order valence-electron chi connectivity index (χ1n) is 7.43. The Morgan fingerprint density at radius 1 is 1.23 bits per heavy atom. The van der Waals surface area contributed by atoms with Crippen molar-refractivity contribution in [2.24, 2.45) is 7.05 Å². The fourth-order valence-corrected chi connectivity index (χ4v) is 3.11. The molecule has 1 heterocycles. The van der Waals surface area contributed by atoms with Crippen LogP contribution in [0, 0.1) is 13.8 Å². The van der Waals surface area contributed by atoms with Gasteiger partial charge < -0.3 is 4.74 Å². The number of fused-ring (bicyclic) bond motifs is 1. The molecule has 0 radical (unpaired) electrons. The average molecular weight is 296 g/mol. The molecule has 2 aromatic rings. The first-order chi connectivity index (χ1) is 10.5. The number of carbonyl (C=O) groups is 1. The Labute approximate surface area is 130 Å². The highest BCUT2D eigenvalue weighted by molar-refractivity contribution is 6.14. The lowest BCUT2D eigenvalue weighted by molar-refractivity contribution is 0.102. The Kier molecular flexibility index (Phi) is 3.61. The van der Waals surface area contributed by atoms with Crippen LogP contribution in [0.1, 0.15) is 39.0 Å². The van der Waals surface area contributed by atoms with Crippen molar-refractivity contribution in [2.45, 2.75) is 26.7 Å². The highest BCUT2D eigenvalue weighted by Gasteiger charge is 2.25. The van der Waals surface area contributed by atoms with Crippen LogP contribution in [0.15, 0.2) is 23.9 Å². The minimum atomic E-state index is 0.133. The van der Waals surface area contributed by atoms with E-state index < -0.39 is 0 Å². The standard InChI is InChI=1S/C18H20N2O2/c1-11-5-6-12(2)16-15(11)8-7-13(17(16)21)9-14-10-20(3)19-18(14)22-4/h5-6,9-10H,7-8H2,1-4H3/b13-9+. The quantitative estimate of drug-likeness (QED) is 0.799. The van der Waals surface area contributed by atoms with Crippen molar-refractivity contribution >= 4 is 11.9 Å². The van der Waals surface area contributed by atoms with Gasteiger partial charge in [0.1, 0.15) is 0 Å². The molecule has 0 atom stereocenters. The maximum absolute atomic E-state index is 12.9. The van der Waals surface area contributed by atoms with Crippen LogP contribution in [0.5, 0.6) is 5.88 Å². The molecule has 0 unspecified atom stereocenters. The van der Waals surface area contributed by atoms with E-state index in [0.717, 1.165) is 35.1 Å². The van der Waals surface area contributed by atoms with Gasteiger partial charge in [-0.2, -0.15) is 0 Å². The molecule has 0 aliphatic heterocycles. The van der Waals surface area contributed by atoms with E-state index in [1.165, 1.54) is 11.1 Å². The number of benzene rings is 1. The van der Waals surface area contributed by atoms with Crippen molar-refractivity contribution in [3.8, 4) is 5.88 Å². The minimum absolute atomic E-state index is 0.133. The smallest absolute Gasteiger partial charge is 0.239 e. The summed E-state index contributed by atoms with van der Waals surface area (Å²) in [6.07, 6.45) is 5.45. The molecule has 1 aromatic heterocycles. The lowest BCUT2D eigenvalue weighted by Crippen LogP contribution is -2.17. The van der Waals surface area contributed by atoms with Gasteiger partial charge in [0.15, 0.2) is 5.78 Å². The molecule has 22 heavy (non-hydrogen) atoms. The molecule has 1 aliphatic rings. The average Bonchev–Trinajstić information content (AvgIpc) is 2.85. The van der Waals surface area contributed by atoms with E-state index in [1.807, 2.05) is 32.3 Å². The van der Waals surface area contributed by atoms with Crippen LogP contribution < -0.4 is 4.74 Å². The zero-order chi connectivity index (χ0) is 15.9. The number of aromatic nitrogens is 2. The second-order valence-corrected chi connectivity index (χ2v) is 5.82. The zero-order valence-corrected chi connectivity index (χ0v) is 13.4. The molecular formula is C18H20N2O2. The lowest BCUT2D eigenvalue weighted by atomic mass is 9.82. The maximum atomic E-state index is 12.9. The predicted octanol–water partition coefficient (Wildman–Crippen LogP) is 3.26. The Morgan fingerprint density at radius 3 is 2.68 bits per heavy atom. The predicted molar refractivity (Wildman–Crippen MR) is 86.3 cm³/mol. The summed E-state index contributed by atoms with van der Waals surface area (Å²) >= 11 is 0. The molecule has 4 heteroatoms. The van der Waals surface area contributed by atoms with Gasteiger partial charge in [-0.3, -0.25) is 9.48 Å². The number of allylic oxidation sites excluding steroid dienone is 1. The van der Waals surface area contributed by atoms with Gasteiger partial charge in [-0.25, -0.2) is 0 Å². The Balaban J connectivity index is 2.06. The van der Waals surface area contributed by atoms with Crippen molar-refractivity contribution in [1.29, 1.82) is 0 Å². The molecule has 114 valence electrons. The first-order valence-corrected chi connectivity index (χ1v) is 7.43. The number of Topliss-reactive ketones (excluding diaryl/α,β-unsaturated/α-hetero) is 1. The van der Waals surface area contributed by atoms with Crippen LogP contribution in [-0.2, 0) is 13.5 Å². The number of ether oxygens (including phenoxy) is 1. The van der Waals surface area contributed by atoms with E-state index >= 15 is 0 Å². The van der Waals surface area contributed by atoms with Crippen LogP contribution >= 0.6 is 0 Å². The number of methoxy groups -OCH3 is 1. The molecule has 0 N–H and O–H groups in total. The number of aryl methyl sites for hydroxylation is 3. The van der Waals surface area contributed by atoms with E-state index in [0.29, 0.717) is 5.88 Å². The molecular weight excluding hydrogens is 276 g/mol. The molecule has 4 nitrogen and oxygen atoms in total. The molecule has 1 aromatic carbocycles. The van der Waals surface area contributed by atoms with E-state index in [2.05, 4.69) is 18.1 Å².